The van der Waals surface area contributed by atoms with E-state index in [-0.39, 0.29) is 115 Å². The van der Waals surface area contributed by atoms with Crippen LogP contribution in [0.15, 0.2) is 159 Å². The molecule has 5 aromatic heterocycles. The summed E-state index contributed by atoms with van der Waals surface area (Å²) in [7, 11) is 2.13. The Balaban J connectivity index is 0.000000129. The highest BCUT2D eigenvalue weighted by atomic mass is 79.9. The molecule has 1 unspecified atom stereocenters. The molecule has 20 rings (SSSR count). The fraction of sp³-hybridized carbons (Fsp3) is 0.433. The molecule has 740 valence electrons. The molecule has 4 saturated carbocycles. The van der Waals surface area contributed by atoms with Gasteiger partial charge in [0.2, 0.25) is 0 Å². The van der Waals surface area contributed by atoms with Gasteiger partial charge in [0.05, 0.1) is 99.4 Å². The van der Waals surface area contributed by atoms with E-state index in [9.17, 15) is 24.3 Å². The van der Waals surface area contributed by atoms with Gasteiger partial charge in [-0.05, 0) is 184 Å². The van der Waals surface area contributed by atoms with Gasteiger partial charge in [-0.3, -0.25) is 33.9 Å². The highest BCUT2D eigenvalue weighted by Crippen LogP contribution is 2.39. The quantitative estimate of drug-likeness (QED) is 0.0277. The van der Waals surface area contributed by atoms with Crippen LogP contribution in [0.4, 0.5) is 17.6 Å². The highest BCUT2D eigenvalue weighted by Gasteiger charge is 2.33. The number of morpholine rings is 1. The monoisotopic (exact) mass is 2250 g/mol. The van der Waals surface area contributed by atoms with E-state index >= 15 is 17.6 Å². The number of carbonyl (C=O) groups excluding carboxylic acids is 4. The van der Waals surface area contributed by atoms with Crippen molar-refractivity contribution in [3.05, 3.63) is 269 Å². The van der Waals surface area contributed by atoms with Crippen LogP contribution in [0, 0.1) is 46.9 Å². The average molecular weight is 2250 g/mol. The number of aryl methyl sites for hydroxylation is 2. The SMILES string of the molecule is CN1CCN(CCn2cnc3c(F)c(Cc4ccc(Br)cc4Cl)c(C(=O)COCC4CC4)cc32)CC1.O=C(COCC1CC1)c1cc2c(ncn2CCN2CCC(O)C2)c(F)c1Cc1ccc(Br)cc1Cl.O=C(COCC1CC1)c1cc2c(ncn2CCN2CCOCC2)c(F)c1Cc1ccc(Br)cc1Cl.O=C(COCC1CC1)c1cc2c(ncn2CCn2ccnc2)c(F)c1Cc1ccc(Br)cc1Cl. The first-order valence-electron chi connectivity index (χ1n) is 47.7. The molecule has 140 heavy (non-hydrogen) atoms. The Morgan fingerprint density at radius 1 is 0.386 bits per heavy atom. The second-order valence-electron chi connectivity index (χ2n) is 37.4. The van der Waals surface area contributed by atoms with Gasteiger partial charge < -0.3 is 56.5 Å². The minimum Gasteiger partial charge on any atom is -0.392 e. The number of β-amino-alcohol motifs (C(OH)–C–C–N with tert-alkyl or cyclic N) is 1. The zero-order valence-electron chi connectivity index (χ0n) is 77.7. The summed E-state index contributed by atoms with van der Waals surface area (Å²) in [5.74, 6) is -0.692. The van der Waals surface area contributed by atoms with Gasteiger partial charge in [0, 0.05) is 225 Å². The van der Waals surface area contributed by atoms with Crippen molar-refractivity contribution >= 4 is 177 Å². The molecular formula is C104H110Br4Cl4F4N14O10. The first-order valence-corrected chi connectivity index (χ1v) is 52.4. The number of fused-ring (bicyclic) bond motifs is 4. The van der Waals surface area contributed by atoms with E-state index in [1.54, 1.807) is 86.4 Å². The summed E-state index contributed by atoms with van der Waals surface area (Å²) in [5, 5.41) is 11.8. The molecule has 0 spiro atoms. The maximum atomic E-state index is 16.0. The van der Waals surface area contributed by atoms with Crippen LogP contribution in [0.5, 0.6) is 0 Å². The predicted molar refractivity (Wildman–Crippen MR) is 549 cm³/mol. The maximum absolute atomic E-state index is 16.0. The van der Waals surface area contributed by atoms with Crippen LogP contribution in [0.1, 0.15) is 144 Å². The van der Waals surface area contributed by atoms with Crippen LogP contribution in [-0.4, -0.2) is 247 Å². The summed E-state index contributed by atoms with van der Waals surface area (Å²) in [6.45, 7) is 16.3. The Morgan fingerprint density at radius 2 is 0.686 bits per heavy atom. The summed E-state index contributed by atoms with van der Waals surface area (Å²) >= 11 is 39.3. The van der Waals surface area contributed by atoms with E-state index < -0.39 is 23.3 Å². The first kappa shape index (κ1) is 103. The zero-order chi connectivity index (χ0) is 97.8. The molecule has 13 aromatic rings. The second kappa shape index (κ2) is 48.3. The lowest BCUT2D eigenvalue weighted by Gasteiger charge is -2.32. The van der Waals surface area contributed by atoms with E-state index in [1.165, 1.54) is 0 Å². The van der Waals surface area contributed by atoms with E-state index in [2.05, 4.69) is 115 Å². The molecule has 7 fully saturated rings. The Morgan fingerprint density at radius 3 is 0.964 bits per heavy atom. The van der Waals surface area contributed by atoms with Gasteiger partial charge in [-0.1, -0.05) is 134 Å². The predicted octanol–water partition coefficient (Wildman–Crippen LogP) is 20.7. The lowest BCUT2D eigenvalue weighted by molar-refractivity contribution is 0.0365. The van der Waals surface area contributed by atoms with Gasteiger partial charge in [0.1, 0.15) is 48.5 Å². The molecule has 0 bridgehead atoms. The molecule has 0 radical (unpaired) electrons. The Kier molecular flexibility index (Phi) is 35.7. The van der Waals surface area contributed by atoms with E-state index in [1.807, 2.05) is 77.6 Å². The molecule has 1 N–H and O–H groups in total. The van der Waals surface area contributed by atoms with E-state index in [4.69, 9.17) is 70.1 Å². The Labute approximate surface area is 863 Å². The van der Waals surface area contributed by atoms with Crippen molar-refractivity contribution in [1.29, 1.82) is 0 Å². The number of piperazine rings is 1. The van der Waals surface area contributed by atoms with Gasteiger partial charge in [-0.15, -0.1) is 0 Å². The largest absolute Gasteiger partial charge is 0.392 e. The normalized spacial score (nSPS) is 16.6. The highest BCUT2D eigenvalue weighted by molar-refractivity contribution is 9.11. The summed E-state index contributed by atoms with van der Waals surface area (Å²) in [6.07, 6.45) is 22.2. The molecule has 1 atom stereocenters. The number of aliphatic hydroxyl groups excluding tert-OH is 1. The number of imidazole rings is 5. The molecule has 8 heterocycles. The van der Waals surface area contributed by atoms with Crippen molar-refractivity contribution in [3.63, 3.8) is 0 Å². The molecule has 0 amide bonds. The number of hydrogen-bond acceptors (Lipinski definition) is 19. The molecule has 3 saturated heterocycles. The number of likely N-dealkylation sites (N-methyl/N-ethyl adjacent to an activating group) is 1. The van der Waals surface area contributed by atoms with Crippen molar-refractivity contribution in [2.24, 2.45) is 23.7 Å². The number of Topliss-reactive ketones (excluding diaryl/α,β-unsaturated/α-hetero) is 4. The molecule has 4 aliphatic carbocycles. The van der Waals surface area contributed by atoms with Gasteiger partial charge >= 0.3 is 0 Å². The van der Waals surface area contributed by atoms with Gasteiger partial charge in [0.15, 0.2) is 46.4 Å². The summed E-state index contributed by atoms with van der Waals surface area (Å²) in [5.41, 5.74) is 8.89. The van der Waals surface area contributed by atoms with Crippen molar-refractivity contribution in [2.45, 2.75) is 122 Å². The molecule has 7 aliphatic rings. The number of aliphatic hydroxyl groups is 1. The lowest BCUT2D eigenvalue weighted by atomic mass is 9.95. The molecule has 36 heteroatoms. The number of likely N-dealkylation sites (tertiary alicyclic amines) is 1. The number of halogens is 12. The third-order valence-corrected chi connectivity index (χ3v) is 30.2. The average Bonchev–Trinajstić information content (AvgIpc) is 1.65. The van der Waals surface area contributed by atoms with Crippen LogP contribution in [0.3, 0.4) is 0 Å². The van der Waals surface area contributed by atoms with Crippen LogP contribution in [0.2, 0.25) is 20.1 Å². The standard InChI is InChI=1S/C27H31BrClFN4O2.2C26H28BrClFN3O3.C25H23BrClFN4O2/c1-32-6-8-33(9-7-32)10-11-34-17-31-27-24(34)14-21(25(35)16-36-15-18-2-3-18)22(26(27)30)12-19-4-5-20(28)13-23(19)29;27-19-4-3-18(22(28)12-19)11-21-20(24(33)15-35-14-17-1-2-17)13-23-26(25(21)29)30-16-32(23)6-5-31-7-9-34-10-8-31;27-18-4-3-17(22(28)10-18)9-21-20(24(34)14-35-13-16-1-2-16)11-23-26(25(21)29)30-15-32(23)8-7-31-6-5-19(33)12-31;26-18-4-3-17(21(27)10-18)9-20-19(23(33)13-34-12-16-1-2-16)11-22-25(24(20)28)30-15-32(22)8-7-31-6-5-29-14-31/h4-5,13-14,17-18H,2-3,6-12,15-16H2,1H3;3-4,12-13,16-17H,1-2,5-11,14-15H2;3-4,10-11,15-16,19,33H,1-2,5-9,12-14H2;3-6,10-11,14-16H,1-2,7-9,12-13H2. The number of rotatable bonds is 40. The van der Waals surface area contributed by atoms with Crippen molar-refractivity contribution in [2.75, 3.05) is 145 Å². The van der Waals surface area contributed by atoms with Crippen LogP contribution < -0.4 is 0 Å². The van der Waals surface area contributed by atoms with Crippen molar-refractivity contribution in [3.8, 4) is 0 Å². The number of ketones is 4. The Bertz CT molecular complexity index is 6440. The number of benzene rings is 8. The van der Waals surface area contributed by atoms with Crippen LogP contribution in [-0.2, 0) is 82.1 Å². The van der Waals surface area contributed by atoms with E-state index in [0.717, 1.165) is 170 Å². The molecular weight excluding hydrogens is 2140 g/mol. The third kappa shape index (κ3) is 27.2. The minimum atomic E-state index is -0.498. The van der Waals surface area contributed by atoms with Crippen LogP contribution in [0.25, 0.3) is 44.1 Å². The van der Waals surface area contributed by atoms with E-state index in [0.29, 0.717) is 171 Å². The first-order chi connectivity index (χ1) is 67.8. The molecule has 24 nitrogen and oxygen atoms in total. The number of ether oxygens (including phenoxy) is 5. The fourth-order valence-electron chi connectivity index (χ4n) is 17.6. The smallest absolute Gasteiger partial charge is 0.188 e. The number of aromatic nitrogens is 10. The van der Waals surface area contributed by atoms with Gasteiger partial charge in [-0.2, -0.15) is 0 Å². The van der Waals surface area contributed by atoms with Gasteiger partial charge in [-0.25, -0.2) is 42.5 Å². The van der Waals surface area contributed by atoms with Crippen molar-refractivity contribution in [1.82, 2.24) is 67.4 Å². The van der Waals surface area contributed by atoms with Crippen molar-refractivity contribution < 1.29 is 65.5 Å². The fourth-order valence-corrected chi connectivity index (χ4v) is 20.6. The topological polar surface area (TPSA) is 237 Å². The van der Waals surface area contributed by atoms with Gasteiger partial charge in [0.25, 0.3) is 0 Å². The summed E-state index contributed by atoms with van der Waals surface area (Å²) < 4.78 is 105. The molecule has 3 aliphatic heterocycles. The Hall–Kier alpha value is -8.07. The summed E-state index contributed by atoms with van der Waals surface area (Å²) in [6, 6.07) is 28.9. The second-order valence-corrected chi connectivity index (χ2v) is 42.7. The van der Waals surface area contributed by atoms with Crippen LogP contribution >= 0.6 is 110 Å². The lowest BCUT2D eigenvalue weighted by Crippen LogP contribution is -2.45. The number of carbonyl (C=O) groups is 4. The molecule has 8 aromatic carbocycles. The third-order valence-electron chi connectivity index (χ3n) is 26.8. The summed E-state index contributed by atoms with van der Waals surface area (Å²) in [4.78, 5) is 83.7. The number of nitrogens with zero attached hydrogens (tertiary/aromatic N) is 14. The number of hydrogen-bond donors (Lipinski definition) is 1. The zero-order valence-corrected chi connectivity index (χ0v) is 87.0. The maximum Gasteiger partial charge on any atom is 0.188 e. The minimum absolute atomic E-state index is 0.0576.